The van der Waals surface area contributed by atoms with Crippen molar-refractivity contribution in [3.8, 4) is 0 Å². The van der Waals surface area contributed by atoms with Gasteiger partial charge in [-0.1, -0.05) is 26.7 Å². The van der Waals surface area contributed by atoms with Gasteiger partial charge < -0.3 is 15.0 Å². The molecule has 0 spiro atoms. The molecule has 0 aromatic rings. The molecule has 1 saturated carbocycles. The van der Waals surface area contributed by atoms with E-state index in [-0.39, 0.29) is 12.0 Å². The lowest BCUT2D eigenvalue weighted by Gasteiger charge is -2.34. The normalized spacial score (nSPS) is 24.6. The first-order chi connectivity index (χ1) is 9.58. The highest BCUT2D eigenvalue weighted by Crippen LogP contribution is 2.26. The van der Waals surface area contributed by atoms with Crippen molar-refractivity contribution in [3.05, 3.63) is 0 Å². The third-order valence-corrected chi connectivity index (χ3v) is 4.43. The van der Waals surface area contributed by atoms with Crippen LogP contribution in [0.15, 0.2) is 0 Å². The second-order valence-corrected chi connectivity index (χ2v) is 6.22. The summed E-state index contributed by atoms with van der Waals surface area (Å²) in [7, 11) is 3.66. The Balaban J connectivity index is 2.38. The predicted molar refractivity (Wildman–Crippen MR) is 82.8 cm³/mol. The molecule has 1 fully saturated rings. The summed E-state index contributed by atoms with van der Waals surface area (Å²) in [6.07, 6.45) is 7.16. The molecule has 1 N–H and O–H groups in total. The molecule has 1 rings (SSSR count). The molecule has 0 aromatic heterocycles. The number of carbonyl (C=O) groups excluding carboxylic acids is 1. The maximum atomic E-state index is 11.8. The minimum absolute atomic E-state index is 0.135. The molecule has 20 heavy (non-hydrogen) atoms. The van der Waals surface area contributed by atoms with Gasteiger partial charge in [0.05, 0.1) is 7.11 Å². The first kappa shape index (κ1) is 17.4. The average Bonchev–Trinajstić information content (AvgIpc) is 2.46. The summed E-state index contributed by atoms with van der Waals surface area (Å²) in [4.78, 5) is 14.2. The van der Waals surface area contributed by atoms with Gasteiger partial charge in [-0.25, -0.2) is 0 Å². The van der Waals surface area contributed by atoms with Crippen LogP contribution in [0.25, 0.3) is 0 Å². The number of hydrogen-bond donors (Lipinski definition) is 1. The standard InChI is InChI=1S/C16H32N2O2/c1-5-10-17-15(16(19)20-4)9-11-18(3)14-8-6-7-13(2)12-14/h13-15,17H,5-12H2,1-4H3. The van der Waals surface area contributed by atoms with Crippen LogP contribution in [0.4, 0.5) is 0 Å². The van der Waals surface area contributed by atoms with E-state index in [0.29, 0.717) is 6.04 Å². The summed E-state index contributed by atoms with van der Waals surface area (Å²) in [5.74, 6) is 0.703. The van der Waals surface area contributed by atoms with Crippen LogP contribution >= 0.6 is 0 Å². The minimum Gasteiger partial charge on any atom is -0.468 e. The number of esters is 1. The number of nitrogens with one attached hydrogen (secondary N) is 1. The monoisotopic (exact) mass is 284 g/mol. The molecule has 0 radical (unpaired) electrons. The molecular weight excluding hydrogens is 252 g/mol. The zero-order chi connectivity index (χ0) is 15.0. The average molecular weight is 284 g/mol. The van der Waals surface area contributed by atoms with E-state index in [4.69, 9.17) is 4.74 Å². The molecule has 118 valence electrons. The van der Waals surface area contributed by atoms with Gasteiger partial charge in [-0.3, -0.25) is 4.79 Å². The van der Waals surface area contributed by atoms with Crippen molar-refractivity contribution >= 4 is 5.97 Å². The van der Waals surface area contributed by atoms with Crippen LogP contribution in [0, 0.1) is 5.92 Å². The van der Waals surface area contributed by atoms with Crippen LogP contribution in [0.3, 0.4) is 0 Å². The number of hydrogen-bond acceptors (Lipinski definition) is 4. The summed E-state index contributed by atoms with van der Waals surface area (Å²) in [5.41, 5.74) is 0. The van der Waals surface area contributed by atoms with E-state index in [9.17, 15) is 4.79 Å². The Hall–Kier alpha value is -0.610. The van der Waals surface area contributed by atoms with Gasteiger partial charge in [0.15, 0.2) is 0 Å². The van der Waals surface area contributed by atoms with Gasteiger partial charge in [0, 0.05) is 12.6 Å². The number of rotatable bonds is 8. The summed E-state index contributed by atoms with van der Waals surface area (Å²) in [6, 6.07) is 0.520. The minimum atomic E-state index is -0.164. The molecule has 4 heteroatoms. The van der Waals surface area contributed by atoms with Crippen LogP contribution < -0.4 is 5.32 Å². The van der Waals surface area contributed by atoms with Crippen molar-refractivity contribution in [1.29, 1.82) is 0 Å². The van der Waals surface area contributed by atoms with Crippen LogP contribution in [0.5, 0.6) is 0 Å². The SMILES string of the molecule is CCCNC(CCN(C)C1CCCC(C)C1)C(=O)OC. The third kappa shape index (κ3) is 5.80. The van der Waals surface area contributed by atoms with E-state index >= 15 is 0 Å². The van der Waals surface area contributed by atoms with E-state index in [0.717, 1.165) is 31.8 Å². The van der Waals surface area contributed by atoms with Crippen molar-refractivity contribution in [1.82, 2.24) is 10.2 Å². The Morgan fingerprint density at radius 3 is 2.80 bits per heavy atom. The Bertz CT molecular complexity index is 284. The van der Waals surface area contributed by atoms with Crippen LogP contribution in [-0.4, -0.2) is 50.2 Å². The lowest BCUT2D eigenvalue weighted by molar-refractivity contribution is -0.143. The predicted octanol–water partition coefficient (Wildman–Crippen LogP) is 2.43. The smallest absolute Gasteiger partial charge is 0.322 e. The van der Waals surface area contributed by atoms with E-state index in [1.807, 2.05) is 0 Å². The fraction of sp³-hybridized carbons (Fsp3) is 0.938. The fourth-order valence-electron chi connectivity index (χ4n) is 3.08. The zero-order valence-electron chi connectivity index (χ0n) is 13.7. The lowest BCUT2D eigenvalue weighted by atomic mass is 9.86. The van der Waals surface area contributed by atoms with Crippen molar-refractivity contribution in [2.75, 3.05) is 27.2 Å². The maximum Gasteiger partial charge on any atom is 0.322 e. The largest absolute Gasteiger partial charge is 0.468 e. The summed E-state index contributed by atoms with van der Waals surface area (Å²) >= 11 is 0. The molecule has 0 saturated heterocycles. The van der Waals surface area contributed by atoms with E-state index in [1.54, 1.807) is 0 Å². The lowest BCUT2D eigenvalue weighted by Crippen LogP contribution is -2.43. The first-order valence-corrected chi connectivity index (χ1v) is 8.09. The van der Waals surface area contributed by atoms with Crippen LogP contribution in [0.2, 0.25) is 0 Å². The second-order valence-electron chi connectivity index (χ2n) is 6.22. The topological polar surface area (TPSA) is 41.6 Å². The Morgan fingerprint density at radius 2 is 2.20 bits per heavy atom. The molecule has 3 atom stereocenters. The van der Waals surface area contributed by atoms with E-state index in [2.05, 4.69) is 31.1 Å². The van der Waals surface area contributed by atoms with Crippen LogP contribution in [-0.2, 0) is 9.53 Å². The maximum absolute atomic E-state index is 11.8. The molecule has 4 nitrogen and oxygen atoms in total. The van der Waals surface area contributed by atoms with E-state index in [1.165, 1.54) is 32.8 Å². The van der Waals surface area contributed by atoms with Gasteiger partial charge in [-0.15, -0.1) is 0 Å². The van der Waals surface area contributed by atoms with Gasteiger partial charge >= 0.3 is 5.97 Å². The van der Waals surface area contributed by atoms with Gasteiger partial charge in [0.25, 0.3) is 0 Å². The molecule has 0 aliphatic heterocycles. The molecule has 0 aromatic carbocycles. The second kappa shape index (κ2) is 9.35. The molecule has 1 aliphatic carbocycles. The van der Waals surface area contributed by atoms with Crippen molar-refractivity contribution in [3.63, 3.8) is 0 Å². The quantitative estimate of drug-likeness (QED) is 0.695. The molecule has 0 amide bonds. The Morgan fingerprint density at radius 1 is 1.45 bits per heavy atom. The highest BCUT2D eigenvalue weighted by Gasteiger charge is 2.24. The summed E-state index contributed by atoms with van der Waals surface area (Å²) in [5, 5.41) is 3.29. The molecule has 3 unspecified atom stereocenters. The fourth-order valence-corrected chi connectivity index (χ4v) is 3.08. The van der Waals surface area contributed by atoms with Gasteiger partial charge in [0.2, 0.25) is 0 Å². The highest BCUT2D eigenvalue weighted by molar-refractivity contribution is 5.75. The van der Waals surface area contributed by atoms with Crippen LogP contribution in [0.1, 0.15) is 52.4 Å². The first-order valence-electron chi connectivity index (χ1n) is 8.09. The zero-order valence-corrected chi connectivity index (χ0v) is 13.7. The highest BCUT2D eigenvalue weighted by atomic mass is 16.5. The summed E-state index contributed by atoms with van der Waals surface area (Å²) < 4.78 is 4.88. The number of carbonyl (C=O) groups is 1. The molecule has 0 heterocycles. The number of methoxy groups -OCH3 is 1. The van der Waals surface area contributed by atoms with E-state index < -0.39 is 0 Å². The molecule has 0 bridgehead atoms. The van der Waals surface area contributed by atoms with Gasteiger partial charge in [-0.05, 0) is 45.2 Å². The Kier molecular flexibility index (Phi) is 8.15. The third-order valence-electron chi connectivity index (χ3n) is 4.43. The van der Waals surface area contributed by atoms with Gasteiger partial charge in [0.1, 0.15) is 6.04 Å². The molecule has 1 aliphatic rings. The van der Waals surface area contributed by atoms with Crippen molar-refractivity contribution in [2.24, 2.45) is 5.92 Å². The van der Waals surface area contributed by atoms with Gasteiger partial charge in [-0.2, -0.15) is 0 Å². The van der Waals surface area contributed by atoms with Crippen molar-refractivity contribution < 1.29 is 9.53 Å². The number of nitrogens with zero attached hydrogens (tertiary/aromatic N) is 1. The summed E-state index contributed by atoms with van der Waals surface area (Å²) in [6.45, 7) is 6.27. The van der Waals surface area contributed by atoms with Crippen molar-refractivity contribution in [2.45, 2.75) is 64.5 Å². The Labute approximate surface area is 124 Å². The number of ether oxygens (including phenoxy) is 1. The molecular formula is C16H32N2O2.